The van der Waals surface area contributed by atoms with Gasteiger partial charge in [0.15, 0.2) is 0 Å². The van der Waals surface area contributed by atoms with Crippen molar-refractivity contribution in [3.8, 4) is 0 Å². The lowest BCUT2D eigenvalue weighted by Crippen LogP contribution is -2.45. The third kappa shape index (κ3) is 3.30. The SMILES string of the molecule is CC1(OCc2cccc(Br)c2)CCCNC1. The molecule has 2 rings (SSSR count). The summed E-state index contributed by atoms with van der Waals surface area (Å²) in [6.45, 7) is 4.96. The number of rotatable bonds is 3. The van der Waals surface area contributed by atoms with E-state index < -0.39 is 0 Å². The Balaban J connectivity index is 1.91. The second-order valence-electron chi connectivity index (χ2n) is 4.65. The van der Waals surface area contributed by atoms with Crippen LogP contribution in [0.4, 0.5) is 0 Å². The Morgan fingerprint density at radius 2 is 2.38 bits per heavy atom. The van der Waals surface area contributed by atoms with Crippen LogP contribution in [0.2, 0.25) is 0 Å². The first-order valence-corrected chi connectivity index (χ1v) is 6.56. The zero-order valence-electron chi connectivity index (χ0n) is 9.63. The zero-order chi connectivity index (χ0) is 11.4. The third-order valence-corrected chi connectivity index (χ3v) is 3.53. The Morgan fingerprint density at radius 3 is 3.06 bits per heavy atom. The second-order valence-corrected chi connectivity index (χ2v) is 5.56. The highest BCUT2D eigenvalue weighted by Gasteiger charge is 2.27. The van der Waals surface area contributed by atoms with Crippen LogP contribution >= 0.6 is 15.9 Å². The molecule has 1 saturated heterocycles. The van der Waals surface area contributed by atoms with Crippen molar-refractivity contribution in [3.05, 3.63) is 34.3 Å². The molecule has 1 unspecified atom stereocenters. The molecule has 1 heterocycles. The van der Waals surface area contributed by atoms with E-state index in [9.17, 15) is 0 Å². The molecular weight excluding hydrogens is 266 g/mol. The summed E-state index contributed by atoms with van der Waals surface area (Å²) in [5, 5.41) is 3.39. The fraction of sp³-hybridized carbons (Fsp3) is 0.538. The van der Waals surface area contributed by atoms with Crippen molar-refractivity contribution in [2.24, 2.45) is 0 Å². The van der Waals surface area contributed by atoms with E-state index in [0.717, 1.165) is 24.0 Å². The van der Waals surface area contributed by atoms with Gasteiger partial charge in [-0.15, -0.1) is 0 Å². The van der Waals surface area contributed by atoms with E-state index in [4.69, 9.17) is 4.74 Å². The van der Waals surface area contributed by atoms with Gasteiger partial charge in [0, 0.05) is 11.0 Å². The standard InChI is InChI=1S/C13H18BrNO/c1-13(6-3-7-15-10-13)16-9-11-4-2-5-12(14)8-11/h2,4-5,8,15H,3,6-7,9-10H2,1H3. The van der Waals surface area contributed by atoms with Crippen molar-refractivity contribution in [2.75, 3.05) is 13.1 Å². The predicted octanol–water partition coefficient (Wildman–Crippen LogP) is 3.11. The molecule has 0 aliphatic carbocycles. The summed E-state index contributed by atoms with van der Waals surface area (Å²) in [5.74, 6) is 0. The van der Waals surface area contributed by atoms with Crippen LogP contribution in [0.15, 0.2) is 28.7 Å². The van der Waals surface area contributed by atoms with Crippen LogP contribution in [0.25, 0.3) is 0 Å². The van der Waals surface area contributed by atoms with Crippen molar-refractivity contribution >= 4 is 15.9 Å². The number of ether oxygens (including phenoxy) is 1. The number of piperidine rings is 1. The average Bonchev–Trinajstić information content (AvgIpc) is 2.28. The van der Waals surface area contributed by atoms with Gasteiger partial charge in [-0.25, -0.2) is 0 Å². The van der Waals surface area contributed by atoms with E-state index in [-0.39, 0.29) is 5.60 Å². The number of halogens is 1. The van der Waals surface area contributed by atoms with E-state index in [2.05, 4.69) is 40.3 Å². The molecule has 1 fully saturated rings. The highest BCUT2D eigenvalue weighted by molar-refractivity contribution is 9.10. The number of nitrogens with one attached hydrogen (secondary N) is 1. The Hall–Kier alpha value is -0.380. The molecule has 1 aliphatic heterocycles. The van der Waals surface area contributed by atoms with Crippen LogP contribution in [0.5, 0.6) is 0 Å². The van der Waals surface area contributed by atoms with Crippen molar-refractivity contribution in [2.45, 2.75) is 32.0 Å². The van der Waals surface area contributed by atoms with Gasteiger partial charge in [0.2, 0.25) is 0 Å². The van der Waals surface area contributed by atoms with Crippen molar-refractivity contribution < 1.29 is 4.74 Å². The van der Waals surface area contributed by atoms with Gasteiger partial charge >= 0.3 is 0 Å². The smallest absolute Gasteiger partial charge is 0.0783 e. The minimum Gasteiger partial charge on any atom is -0.369 e. The number of hydrogen-bond donors (Lipinski definition) is 1. The zero-order valence-corrected chi connectivity index (χ0v) is 11.2. The monoisotopic (exact) mass is 283 g/mol. The Kier molecular flexibility index (Phi) is 4.00. The van der Waals surface area contributed by atoms with Gasteiger partial charge in [0.05, 0.1) is 12.2 Å². The molecule has 1 aromatic rings. The molecule has 0 spiro atoms. The molecule has 1 aliphatic rings. The molecule has 2 nitrogen and oxygen atoms in total. The second kappa shape index (κ2) is 5.30. The van der Waals surface area contributed by atoms with Gasteiger partial charge in [0.25, 0.3) is 0 Å². The Labute approximate surface area is 106 Å². The fourth-order valence-corrected chi connectivity index (χ4v) is 2.48. The fourth-order valence-electron chi connectivity index (χ4n) is 2.04. The van der Waals surface area contributed by atoms with Gasteiger partial charge < -0.3 is 10.1 Å². The van der Waals surface area contributed by atoms with Gasteiger partial charge in [-0.3, -0.25) is 0 Å². The highest BCUT2D eigenvalue weighted by Crippen LogP contribution is 2.22. The summed E-state index contributed by atoms with van der Waals surface area (Å²) in [6.07, 6.45) is 2.35. The molecular formula is C13H18BrNO. The lowest BCUT2D eigenvalue weighted by atomic mass is 9.96. The lowest BCUT2D eigenvalue weighted by Gasteiger charge is -2.34. The lowest BCUT2D eigenvalue weighted by molar-refractivity contribution is -0.0571. The highest BCUT2D eigenvalue weighted by atomic mass is 79.9. The van der Waals surface area contributed by atoms with Crippen molar-refractivity contribution in [1.82, 2.24) is 5.32 Å². The largest absolute Gasteiger partial charge is 0.369 e. The average molecular weight is 284 g/mol. The van der Waals surface area contributed by atoms with Crippen LogP contribution in [0, 0.1) is 0 Å². The maximum absolute atomic E-state index is 6.03. The molecule has 0 bridgehead atoms. The summed E-state index contributed by atoms with van der Waals surface area (Å²) in [5.41, 5.74) is 1.22. The summed E-state index contributed by atoms with van der Waals surface area (Å²) in [6, 6.07) is 8.29. The molecule has 1 aromatic carbocycles. The van der Waals surface area contributed by atoms with Crippen LogP contribution < -0.4 is 5.32 Å². The maximum atomic E-state index is 6.03. The first-order chi connectivity index (χ1) is 7.68. The minimum absolute atomic E-state index is 0.000563. The number of benzene rings is 1. The summed E-state index contributed by atoms with van der Waals surface area (Å²) >= 11 is 3.47. The first kappa shape index (κ1) is 12.1. The van der Waals surface area contributed by atoms with E-state index in [1.165, 1.54) is 12.0 Å². The number of hydrogen-bond acceptors (Lipinski definition) is 2. The summed E-state index contributed by atoms with van der Waals surface area (Å²) < 4.78 is 7.14. The van der Waals surface area contributed by atoms with E-state index in [0.29, 0.717) is 6.61 Å². The van der Waals surface area contributed by atoms with E-state index >= 15 is 0 Å². The topological polar surface area (TPSA) is 21.3 Å². The maximum Gasteiger partial charge on any atom is 0.0783 e. The van der Waals surface area contributed by atoms with Crippen LogP contribution in [0.3, 0.4) is 0 Å². The van der Waals surface area contributed by atoms with E-state index in [1.54, 1.807) is 0 Å². The molecule has 0 saturated carbocycles. The predicted molar refractivity (Wildman–Crippen MR) is 69.4 cm³/mol. The van der Waals surface area contributed by atoms with Crippen LogP contribution in [-0.4, -0.2) is 18.7 Å². The quantitative estimate of drug-likeness (QED) is 0.921. The first-order valence-electron chi connectivity index (χ1n) is 5.77. The minimum atomic E-state index is 0.000563. The third-order valence-electron chi connectivity index (χ3n) is 3.03. The van der Waals surface area contributed by atoms with Crippen LogP contribution in [0.1, 0.15) is 25.3 Å². The van der Waals surface area contributed by atoms with Crippen LogP contribution in [-0.2, 0) is 11.3 Å². The Bertz CT molecular complexity index is 348. The molecule has 88 valence electrons. The summed E-state index contributed by atoms with van der Waals surface area (Å²) in [7, 11) is 0. The Morgan fingerprint density at radius 1 is 1.50 bits per heavy atom. The van der Waals surface area contributed by atoms with Gasteiger partial charge in [-0.1, -0.05) is 28.1 Å². The molecule has 1 N–H and O–H groups in total. The normalized spacial score (nSPS) is 25.6. The molecule has 0 aromatic heterocycles. The van der Waals surface area contributed by atoms with Gasteiger partial charge in [-0.2, -0.15) is 0 Å². The van der Waals surface area contributed by atoms with Crippen molar-refractivity contribution in [1.29, 1.82) is 0 Å². The van der Waals surface area contributed by atoms with Gasteiger partial charge in [-0.05, 0) is 44.0 Å². The summed E-state index contributed by atoms with van der Waals surface area (Å²) in [4.78, 5) is 0. The van der Waals surface area contributed by atoms with Crippen molar-refractivity contribution in [3.63, 3.8) is 0 Å². The molecule has 0 radical (unpaired) electrons. The molecule has 1 atom stereocenters. The van der Waals surface area contributed by atoms with Gasteiger partial charge in [0.1, 0.15) is 0 Å². The molecule has 16 heavy (non-hydrogen) atoms. The molecule has 3 heteroatoms. The van der Waals surface area contributed by atoms with E-state index in [1.807, 2.05) is 12.1 Å². The molecule has 0 amide bonds.